The average Bonchev–Trinajstić information content (AvgIpc) is 2.54. The van der Waals surface area contributed by atoms with Gasteiger partial charge in [-0.2, -0.15) is 0 Å². The summed E-state index contributed by atoms with van der Waals surface area (Å²) in [5.41, 5.74) is 0. The van der Waals surface area contributed by atoms with Gasteiger partial charge in [-0.15, -0.1) is 0 Å². The van der Waals surface area contributed by atoms with Crippen molar-refractivity contribution < 1.29 is 39.5 Å². The number of carboxylic acid groups (broad SMARTS) is 2. The molecule has 8 nitrogen and oxygen atoms in total. The summed E-state index contributed by atoms with van der Waals surface area (Å²) >= 11 is 0. The van der Waals surface area contributed by atoms with Crippen LogP contribution in [0.15, 0.2) is 0 Å². The maximum Gasteiger partial charge on any atom is 0.303 e. The highest BCUT2D eigenvalue weighted by Crippen LogP contribution is 1.98. The molecule has 0 fully saturated rings. The maximum absolute atomic E-state index is 9.90. The molecule has 8 heteroatoms. The lowest BCUT2D eigenvalue weighted by Gasteiger charge is -1.95. The summed E-state index contributed by atoms with van der Waals surface area (Å²) in [4.78, 5) is 19.8. The molecule has 0 saturated heterocycles. The van der Waals surface area contributed by atoms with Crippen molar-refractivity contribution >= 4 is 11.9 Å². The second-order valence-electron chi connectivity index (χ2n) is 4.67. The molecule has 0 aliphatic heterocycles. The van der Waals surface area contributed by atoms with Crippen LogP contribution < -0.4 is 0 Å². The van der Waals surface area contributed by atoms with Crippen LogP contribution >= 0.6 is 0 Å². The number of hydrogen-bond acceptors (Lipinski definition) is 6. The summed E-state index contributed by atoms with van der Waals surface area (Å²) in [6.07, 6.45) is 3.30. The molecule has 0 aromatic heterocycles. The Hall–Kier alpha value is -1.22. The van der Waals surface area contributed by atoms with Crippen molar-refractivity contribution in [1.82, 2.24) is 0 Å². The fourth-order valence-electron chi connectivity index (χ4n) is 1.17. The fourth-order valence-corrected chi connectivity index (χ4v) is 1.17. The Kier molecular flexibility index (Phi) is 30.7. The molecule has 0 aromatic rings. The van der Waals surface area contributed by atoms with E-state index in [0.717, 1.165) is 26.1 Å². The van der Waals surface area contributed by atoms with Crippen LogP contribution in [0.4, 0.5) is 0 Å². The summed E-state index contributed by atoms with van der Waals surface area (Å²) < 4.78 is 9.76. The molecule has 0 aromatic carbocycles. The van der Waals surface area contributed by atoms with Crippen LogP contribution in [0, 0.1) is 0 Å². The number of aliphatic carboxylic acids is 2. The summed E-state index contributed by atoms with van der Waals surface area (Å²) in [6.45, 7) is 6.79. The van der Waals surface area contributed by atoms with E-state index in [2.05, 4.69) is 18.6 Å². The first kappa shape index (κ1) is 27.6. The number of carboxylic acids is 2. The van der Waals surface area contributed by atoms with Crippen LogP contribution in [0.1, 0.15) is 52.4 Å². The molecule has 0 radical (unpaired) electrons. The standard InChI is InChI=1S/C6H10O4.C6H14O.C4H10O3/c7-5(8)3-1-2-4-6(9)10;1-3-5-7-6-4-2;5-1-3-7-4-2-6/h1-4H2,(H,7,8)(H,9,10);3-6H2,1-2H3;5-6H,1-4H2. The Morgan fingerprint density at radius 2 is 1.04 bits per heavy atom. The topological polar surface area (TPSA) is 134 Å². The van der Waals surface area contributed by atoms with E-state index in [-0.39, 0.29) is 26.1 Å². The van der Waals surface area contributed by atoms with Crippen molar-refractivity contribution in [2.24, 2.45) is 0 Å². The smallest absolute Gasteiger partial charge is 0.303 e. The van der Waals surface area contributed by atoms with Gasteiger partial charge in [-0.1, -0.05) is 13.8 Å². The van der Waals surface area contributed by atoms with Crippen molar-refractivity contribution in [3.8, 4) is 0 Å². The Morgan fingerprint density at radius 1 is 0.708 bits per heavy atom. The monoisotopic (exact) mass is 354 g/mol. The summed E-state index contributed by atoms with van der Waals surface area (Å²) in [5.74, 6) is -1.74. The molecule has 0 unspecified atom stereocenters. The first-order valence-electron chi connectivity index (χ1n) is 8.26. The van der Waals surface area contributed by atoms with Gasteiger partial charge in [-0.05, 0) is 25.7 Å². The number of aliphatic hydroxyl groups is 2. The largest absolute Gasteiger partial charge is 0.481 e. The Morgan fingerprint density at radius 3 is 1.29 bits per heavy atom. The first-order chi connectivity index (χ1) is 11.5. The van der Waals surface area contributed by atoms with Gasteiger partial charge in [0, 0.05) is 26.1 Å². The molecule has 0 rings (SSSR count). The van der Waals surface area contributed by atoms with Crippen LogP contribution in [0.3, 0.4) is 0 Å². The van der Waals surface area contributed by atoms with Gasteiger partial charge in [0.1, 0.15) is 0 Å². The molecule has 0 amide bonds. The molecular weight excluding hydrogens is 320 g/mol. The highest BCUT2D eigenvalue weighted by molar-refractivity contribution is 5.67. The van der Waals surface area contributed by atoms with Crippen LogP contribution in [-0.2, 0) is 19.1 Å². The van der Waals surface area contributed by atoms with Gasteiger partial charge in [-0.25, -0.2) is 0 Å². The third-order valence-electron chi connectivity index (χ3n) is 2.20. The predicted molar refractivity (Wildman–Crippen MR) is 90.1 cm³/mol. The molecule has 4 N–H and O–H groups in total. The third kappa shape index (κ3) is 42.8. The SMILES string of the molecule is CCCOCCC.O=C(O)CCCCC(=O)O.OCCOCCO. The first-order valence-corrected chi connectivity index (χ1v) is 8.26. The maximum atomic E-state index is 9.90. The summed E-state index contributed by atoms with van der Waals surface area (Å²) in [7, 11) is 0. The lowest BCUT2D eigenvalue weighted by molar-refractivity contribution is -0.139. The molecule has 0 aliphatic carbocycles. The second kappa shape index (κ2) is 26.7. The van der Waals surface area contributed by atoms with Gasteiger partial charge >= 0.3 is 11.9 Å². The Balaban J connectivity index is -0.000000283. The van der Waals surface area contributed by atoms with Crippen LogP contribution in [0.2, 0.25) is 0 Å². The number of ether oxygens (including phenoxy) is 2. The Labute approximate surface area is 144 Å². The number of hydrogen-bond donors (Lipinski definition) is 4. The van der Waals surface area contributed by atoms with Gasteiger partial charge in [0.05, 0.1) is 26.4 Å². The summed E-state index contributed by atoms with van der Waals surface area (Å²) in [5, 5.41) is 32.4. The van der Waals surface area contributed by atoms with E-state index in [1.54, 1.807) is 0 Å². The lowest BCUT2D eigenvalue weighted by atomic mass is 10.2. The van der Waals surface area contributed by atoms with Gasteiger partial charge in [0.25, 0.3) is 0 Å². The molecular formula is C16H34O8. The molecule has 0 heterocycles. The van der Waals surface area contributed by atoms with Gasteiger partial charge in [0.2, 0.25) is 0 Å². The zero-order valence-corrected chi connectivity index (χ0v) is 14.9. The van der Waals surface area contributed by atoms with Crippen molar-refractivity contribution in [3.05, 3.63) is 0 Å². The molecule has 0 saturated carbocycles. The second-order valence-corrected chi connectivity index (χ2v) is 4.67. The van der Waals surface area contributed by atoms with E-state index in [0.29, 0.717) is 26.1 Å². The van der Waals surface area contributed by atoms with Crippen molar-refractivity contribution in [2.45, 2.75) is 52.4 Å². The lowest BCUT2D eigenvalue weighted by Crippen LogP contribution is -2.03. The van der Waals surface area contributed by atoms with E-state index in [1.165, 1.54) is 0 Å². The zero-order chi connectivity index (χ0) is 19.1. The number of rotatable bonds is 13. The van der Waals surface area contributed by atoms with Gasteiger partial charge in [0.15, 0.2) is 0 Å². The molecule has 0 aliphatic rings. The highest BCUT2D eigenvalue weighted by Gasteiger charge is 1.99. The highest BCUT2D eigenvalue weighted by atomic mass is 16.5. The molecule has 24 heavy (non-hydrogen) atoms. The van der Waals surface area contributed by atoms with Crippen LogP contribution in [0.5, 0.6) is 0 Å². The molecule has 146 valence electrons. The van der Waals surface area contributed by atoms with E-state index in [4.69, 9.17) is 25.2 Å². The van der Waals surface area contributed by atoms with Gasteiger partial charge in [-0.3, -0.25) is 9.59 Å². The predicted octanol–water partition coefficient (Wildman–Crippen LogP) is 1.53. The number of carbonyl (C=O) groups is 2. The minimum Gasteiger partial charge on any atom is -0.481 e. The van der Waals surface area contributed by atoms with Crippen LogP contribution in [-0.4, -0.2) is 72.0 Å². The number of unbranched alkanes of at least 4 members (excludes halogenated alkanes) is 1. The van der Waals surface area contributed by atoms with Crippen molar-refractivity contribution in [2.75, 3.05) is 39.6 Å². The molecule has 0 bridgehead atoms. The molecule has 0 spiro atoms. The minimum absolute atomic E-state index is 0.0278. The quantitative estimate of drug-likeness (QED) is 0.366. The van der Waals surface area contributed by atoms with E-state index < -0.39 is 11.9 Å². The Bertz CT molecular complexity index is 224. The van der Waals surface area contributed by atoms with Crippen molar-refractivity contribution in [1.29, 1.82) is 0 Å². The normalized spacial score (nSPS) is 9.33. The zero-order valence-electron chi connectivity index (χ0n) is 14.9. The third-order valence-corrected chi connectivity index (χ3v) is 2.20. The molecule has 0 atom stereocenters. The number of aliphatic hydroxyl groups excluding tert-OH is 2. The fraction of sp³-hybridized carbons (Fsp3) is 0.875. The summed E-state index contributed by atoms with van der Waals surface area (Å²) in [6, 6.07) is 0. The van der Waals surface area contributed by atoms with E-state index in [1.807, 2.05) is 0 Å². The van der Waals surface area contributed by atoms with Crippen LogP contribution in [0.25, 0.3) is 0 Å². The van der Waals surface area contributed by atoms with E-state index in [9.17, 15) is 9.59 Å². The van der Waals surface area contributed by atoms with E-state index >= 15 is 0 Å². The van der Waals surface area contributed by atoms with Gasteiger partial charge < -0.3 is 29.9 Å². The average molecular weight is 354 g/mol. The minimum atomic E-state index is -0.870. The van der Waals surface area contributed by atoms with Crippen molar-refractivity contribution in [3.63, 3.8) is 0 Å².